The van der Waals surface area contributed by atoms with Crippen LogP contribution in [0.25, 0.3) is 0 Å². The van der Waals surface area contributed by atoms with Crippen LogP contribution in [0.5, 0.6) is 5.75 Å². The first-order valence-electron chi connectivity index (χ1n) is 8.26. The van der Waals surface area contributed by atoms with E-state index in [9.17, 15) is 0 Å². The van der Waals surface area contributed by atoms with E-state index in [2.05, 4.69) is 17.0 Å². The van der Waals surface area contributed by atoms with Gasteiger partial charge in [-0.25, -0.2) is 0 Å². The number of hydrogen-bond acceptors (Lipinski definition) is 3. The van der Waals surface area contributed by atoms with Gasteiger partial charge in [0.25, 0.3) is 0 Å². The summed E-state index contributed by atoms with van der Waals surface area (Å²) in [5.41, 5.74) is 3.41. The molecule has 0 N–H and O–H groups in total. The highest BCUT2D eigenvalue weighted by Gasteiger charge is 2.30. The molecule has 0 saturated carbocycles. The molecular weight excluding hydrogens is 345 g/mol. The smallest absolute Gasteiger partial charge is 0.137 e. The third-order valence-electron chi connectivity index (χ3n) is 4.66. The second-order valence-electron chi connectivity index (χ2n) is 6.29. The van der Waals surface area contributed by atoms with Crippen molar-refractivity contribution in [2.75, 3.05) is 13.1 Å². The lowest BCUT2D eigenvalue weighted by molar-refractivity contribution is -0.0406. The predicted molar refractivity (Wildman–Crippen MR) is 95.6 cm³/mol. The maximum Gasteiger partial charge on any atom is 0.137 e. The van der Waals surface area contributed by atoms with Gasteiger partial charge in [-0.05, 0) is 42.7 Å². The molecule has 1 saturated heterocycles. The molecule has 0 aromatic heterocycles. The number of likely N-dealkylation sites (tertiary alicyclic amines) is 1. The second-order valence-corrected chi connectivity index (χ2v) is 7.14. The lowest BCUT2D eigenvalue weighted by atomic mass is 10.1. The fourth-order valence-corrected chi connectivity index (χ4v) is 3.84. The highest BCUT2D eigenvalue weighted by molar-refractivity contribution is 6.35. The molecule has 2 heterocycles. The standard InChI is InChI=1S/C19H19Cl2NO2/c20-15-4-3-13(18(21)10-15)11-23-16-5-6-17-14(9-16)12-24-19(17)22-7-1-2-8-22/h3-6,9-10,19H,1-2,7-8,11-12H2/t19-/m0/s1. The SMILES string of the molecule is Clc1ccc(COc2ccc3c(c2)CO[C@@H]3N2CCCC2)c(Cl)c1. The number of fused-ring (bicyclic) bond motifs is 1. The number of rotatable bonds is 4. The van der Waals surface area contributed by atoms with Gasteiger partial charge in [0.15, 0.2) is 0 Å². The van der Waals surface area contributed by atoms with Crippen molar-refractivity contribution < 1.29 is 9.47 Å². The Hall–Kier alpha value is -1.26. The predicted octanol–water partition coefficient (Wildman–Crippen LogP) is 5.20. The van der Waals surface area contributed by atoms with Gasteiger partial charge in [-0.3, -0.25) is 4.90 Å². The van der Waals surface area contributed by atoms with Crippen LogP contribution in [-0.4, -0.2) is 18.0 Å². The topological polar surface area (TPSA) is 21.7 Å². The number of ether oxygens (including phenoxy) is 2. The van der Waals surface area contributed by atoms with Gasteiger partial charge in [-0.1, -0.05) is 35.3 Å². The van der Waals surface area contributed by atoms with E-state index in [1.165, 1.54) is 24.0 Å². The Kier molecular flexibility index (Phi) is 4.68. The molecule has 126 valence electrons. The minimum atomic E-state index is 0.113. The van der Waals surface area contributed by atoms with Crippen LogP contribution in [0, 0.1) is 0 Å². The van der Waals surface area contributed by atoms with Crippen molar-refractivity contribution in [2.45, 2.75) is 32.3 Å². The average molecular weight is 364 g/mol. The summed E-state index contributed by atoms with van der Waals surface area (Å²) in [7, 11) is 0. The van der Waals surface area contributed by atoms with E-state index in [1.807, 2.05) is 18.2 Å². The highest BCUT2D eigenvalue weighted by Crippen LogP contribution is 2.37. The summed E-state index contributed by atoms with van der Waals surface area (Å²) in [6.07, 6.45) is 2.64. The average Bonchev–Trinajstić information content (AvgIpc) is 3.22. The van der Waals surface area contributed by atoms with Gasteiger partial charge in [-0.2, -0.15) is 0 Å². The number of nitrogens with zero attached hydrogens (tertiary/aromatic N) is 1. The number of hydrogen-bond donors (Lipinski definition) is 0. The van der Waals surface area contributed by atoms with Crippen LogP contribution in [0.3, 0.4) is 0 Å². The van der Waals surface area contributed by atoms with Gasteiger partial charge in [-0.15, -0.1) is 0 Å². The third-order valence-corrected chi connectivity index (χ3v) is 5.25. The maximum absolute atomic E-state index is 6.19. The van der Waals surface area contributed by atoms with E-state index in [1.54, 1.807) is 6.07 Å². The third kappa shape index (κ3) is 3.27. The van der Waals surface area contributed by atoms with E-state index < -0.39 is 0 Å². The van der Waals surface area contributed by atoms with Gasteiger partial charge in [0.2, 0.25) is 0 Å². The molecule has 2 aromatic carbocycles. The van der Waals surface area contributed by atoms with Crippen LogP contribution >= 0.6 is 23.2 Å². The monoisotopic (exact) mass is 363 g/mol. The van der Waals surface area contributed by atoms with Crippen LogP contribution in [0.2, 0.25) is 10.0 Å². The molecule has 0 radical (unpaired) electrons. The molecule has 2 aromatic rings. The zero-order chi connectivity index (χ0) is 16.5. The molecule has 1 fully saturated rings. The van der Waals surface area contributed by atoms with E-state index >= 15 is 0 Å². The fourth-order valence-electron chi connectivity index (χ4n) is 3.37. The fraction of sp³-hybridized carbons (Fsp3) is 0.368. The Morgan fingerprint density at radius 2 is 1.92 bits per heavy atom. The van der Waals surface area contributed by atoms with E-state index in [4.69, 9.17) is 32.7 Å². The van der Waals surface area contributed by atoms with Crippen LogP contribution < -0.4 is 4.74 Å². The molecular formula is C19H19Cl2NO2. The summed E-state index contributed by atoms with van der Waals surface area (Å²) in [5.74, 6) is 0.838. The Labute approximate surface area is 152 Å². The Morgan fingerprint density at radius 3 is 2.71 bits per heavy atom. The van der Waals surface area contributed by atoms with E-state index in [-0.39, 0.29) is 6.23 Å². The first kappa shape index (κ1) is 16.2. The summed E-state index contributed by atoms with van der Waals surface area (Å²) >= 11 is 12.1. The molecule has 0 aliphatic carbocycles. The number of benzene rings is 2. The maximum atomic E-state index is 6.19. The first-order valence-corrected chi connectivity index (χ1v) is 9.01. The van der Waals surface area contributed by atoms with Crippen molar-refractivity contribution in [1.82, 2.24) is 4.90 Å². The largest absolute Gasteiger partial charge is 0.489 e. The summed E-state index contributed by atoms with van der Waals surface area (Å²) in [6.45, 7) is 3.31. The van der Waals surface area contributed by atoms with Crippen LogP contribution in [0.4, 0.5) is 0 Å². The summed E-state index contributed by atoms with van der Waals surface area (Å²) in [6, 6.07) is 11.7. The van der Waals surface area contributed by atoms with Crippen LogP contribution in [-0.2, 0) is 18.0 Å². The lowest BCUT2D eigenvalue weighted by Crippen LogP contribution is -2.24. The Bertz CT molecular complexity index is 744. The van der Waals surface area contributed by atoms with E-state index in [0.717, 1.165) is 24.4 Å². The van der Waals surface area contributed by atoms with Crippen molar-refractivity contribution in [3.63, 3.8) is 0 Å². The van der Waals surface area contributed by atoms with Crippen LogP contribution in [0.1, 0.15) is 35.8 Å². The molecule has 0 spiro atoms. The van der Waals surface area contributed by atoms with Crippen molar-refractivity contribution in [2.24, 2.45) is 0 Å². The minimum Gasteiger partial charge on any atom is -0.489 e. The van der Waals surface area contributed by atoms with E-state index in [0.29, 0.717) is 23.3 Å². The normalized spacial score (nSPS) is 20.3. The highest BCUT2D eigenvalue weighted by atomic mass is 35.5. The molecule has 4 rings (SSSR count). The van der Waals surface area contributed by atoms with Crippen molar-refractivity contribution >= 4 is 23.2 Å². The summed E-state index contributed by atoms with van der Waals surface area (Å²) in [4.78, 5) is 2.42. The van der Waals surface area contributed by atoms with Crippen molar-refractivity contribution in [3.05, 3.63) is 63.1 Å². The summed E-state index contributed by atoms with van der Waals surface area (Å²) < 4.78 is 11.9. The van der Waals surface area contributed by atoms with Crippen molar-refractivity contribution in [1.29, 1.82) is 0 Å². The van der Waals surface area contributed by atoms with Gasteiger partial charge in [0.1, 0.15) is 18.6 Å². The van der Waals surface area contributed by atoms with Gasteiger partial charge >= 0.3 is 0 Å². The Balaban J connectivity index is 1.46. The molecule has 0 amide bonds. The molecule has 2 aliphatic heterocycles. The lowest BCUT2D eigenvalue weighted by Gasteiger charge is -2.23. The zero-order valence-corrected chi connectivity index (χ0v) is 14.8. The molecule has 3 nitrogen and oxygen atoms in total. The van der Waals surface area contributed by atoms with Gasteiger partial charge in [0, 0.05) is 34.3 Å². The van der Waals surface area contributed by atoms with Crippen molar-refractivity contribution in [3.8, 4) is 5.75 Å². The first-order chi connectivity index (χ1) is 11.7. The molecule has 24 heavy (non-hydrogen) atoms. The summed E-state index contributed by atoms with van der Waals surface area (Å²) in [5, 5.41) is 1.26. The molecule has 5 heteroatoms. The molecule has 2 aliphatic rings. The number of halogens is 2. The second kappa shape index (κ2) is 6.93. The zero-order valence-electron chi connectivity index (χ0n) is 13.3. The Morgan fingerprint density at radius 1 is 1.08 bits per heavy atom. The minimum absolute atomic E-state index is 0.113. The van der Waals surface area contributed by atoms with Crippen LogP contribution in [0.15, 0.2) is 36.4 Å². The van der Waals surface area contributed by atoms with Gasteiger partial charge < -0.3 is 9.47 Å². The quantitative estimate of drug-likeness (QED) is 0.745. The molecule has 0 unspecified atom stereocenters. The molecule has 0 bridgehead atoms. The molecule has 1 atom stereocenters. The van der Waals surface area contributed by atoms with Gasteiger partial charge in [0.05, 0.1) is 6.61 Å².